The van der Waals surface area contributed by atoms with E-state index in [2.05, 4.69) is 50.3 Å². The van der Waals surface area contributed by atoms with Crippen LogP contribution in [-0.4, -0.2) is 0 Å². The zero-order valence-corrected chi connectivity index (χ0v) is 10.4. The first kappa shape index (κ1) is 11.4. The maximum Gasteiger partial charge on any atom is -0.0153 e. The number of rotatable bonds is 2. The van der Waals surface area contributed by atoms with Crippen LogP contribution in [0.15, 0.2) is 42.0 Å². The number of benzene rings is 1. The van der Waals surface area contributed by atoms with Crippen molar-refractivity contribution in [3.63, 3.8) is 0 Å². The molecule has 0 bridgehead atoms. The summed E-state index contributed by atoms with van der Waals surface area (Å²) in [5, 5.41) is 0. The molecule has 0 amide bonds. The van der Waals surface area contributed by atoms with Crippen molar-refractivity contribution in [1.29, 1.82) is 0 Å². The standard InChI is InChI=1S/C16H22/c1-3-7-14-10-11-16(12-13(14)2)15-8-5-4-6-9-15/h4-9,13,16H,3,10-12H2,1-2H3/b14-7+. The molecule has 0 heteroatoms. The van der Waals surface area contributed by atoms with Gasteiger partial charge in [0.15, 0.2) is 0 Å². The fourth-order valence-electron chi connectivity index (χ4n) is 2.88. The Labute approximate surface area is 99.4 Å². The van der Waals surface area contributed by atoms with Crippen LogP contribution in [0.4, 0.5) is 0 Å². The van der Waals surface area contributed by atoms with Crippen molar-refractivity contribution < 1.29 is 0 Å². The van der Waals surface area contributed by atoms with E-state index in [0.29, 0.717) is 0 Å². The zero-order chi connectivity index (χ0) is 11.4. The molecule has 0 heterocycles. The zero-order valence-electron chi connectivity index (χ0n) is 10.4. The number of hydrogen-bond donors (Lipinski definition) is 0. The van der Waals surface area contributed by atoms with Gasteiger partial charge in [0.05, 0.1) is 0 Å². The van der Waals surface area contributed by atoms with Crippen molar-refractivity contribution in [2.45, 2.75) is 45.4 Å². The molecule has 16 heavy (non-hydrogen) atoms. The van der Waals surface area contributed by atoms with Gasteiger partial charge in [0.2, 0.25) is 0 Å². The number of allylic oxidation sites excluding steroid dienone is 2. The molecule has 0 nitrogen and oxygen atoms in total. The van der Waals surface area contributed by atoms with Crippen molar-refractivity contribution in [2.75, 3.05) is 0 Å². The lowest BCUT2D eigenvalue weighted by Crippen LogP contribution is -2.14. The van der Waals surface area contributed by atoms with Gasteiger partial charge in [0.25, 0.3) is 0 Å². The third kappa shape index (κ3) is 2.55. The Hall–Kier alpha value is -1.04. The summed E-state index contributed by atoms with van der Waals surface area (Å²) < 4.78 is 0. The molecule has 0 spiro atoms. The van der Waals surface area contributed by atoms with Crippen molar-refractivity contribution >= 4 is 0 Å². The molecular formula is C16H22. The van der Waals surface area contributed by atoms with E-state index in [-0.39, 0.29) is 0 Å². The Morgan fingerprint density at radius 2 is 2.00 bits per heavy atom. The highest BCUT2D eigenvalue weighted by atomic mass is 14.3. The second-order valence-electron chi connectivity index (χ2n) is 4.97. The first-order valence-corrected chi connectivity index (χ1v) is 6.55. The van der Waals surface area contributed by atoms with Gasteiger partial charge in [-0.25, -0.2) is 0 Å². The van der Waals surface area contributed by atoms with Gasteiger partial charge in [-0.15, -0.1) is 0 Å². The normalized spacial score (nSPS) is 28.2. The Morgan fingerprint density at radius 3 is 2.62 bits per heavy atom. The summed E-state index contributed by atoms with van der Waals surface area (Å²) >= 11 is 0. The first-order valence-electron chi connectivity index (χ1n) is 6.55. The van der Waals surface area contributed by atoms with E-state index >= 15 is 0 Å². The van der Waals surface area contributed by atoms with Crippen LogP contribution < -0.4 is 0 Å². The highest BCUT2D eigenvalue weighted by Crippen LogP contribution is 2.38. The minimum absolute atomic E-state index is 0.777. The number of hydrogen-bond acceptors (Lipinski definition) is 0. The average Bonchev–Trinajstić information content (AvgIpc) is 2.33. The predicted octanol–water partition coefficient (Wildman–Crippen LogP) is 4.93. The summed E-state index contributed by atoms with van der Waals surface area (Å²) in [6.07, 6.45) is 7.59. The van der Waals surface area contributed by atoms with Crippen molar-refractivity contribution in [3.05, 3.63) is 47.5 Å². The summed E-state index contributed by atoms with van der Waals surface area (Å²) in [7, 11) is 0. The minimum Gasteiger partial charge on any atom is -0.0853 e. The van der Waals surface area contributed by atoms with Crippen LogP contribution in [-0.2, 0) is 0 Å². The molecule has 1 fully saturated rings. The molecule has 86 valence electrons. The van der Waals surface area contributed by atoms with Gasteiger partial charge in [0, 0.05) is 0 Å². The van der Waals surface area contributed by atoms with Gasteiger partial charge in [-0.2, -0.15) is 0 Å². The smallest absolute Gasteiger partial charge is 0.0153 e. The summed E-state index contributed by atoms with van der Waals surface area (Å²) in [4.78, 5) is 0. The fourth-order valence-corrected chi connectivity index (χ4v) is 2.88. The molecule has 0 radical (unpaired) electrons. The quantitative estimate of drug-likeness (QED) is 0.612. The molecule has 0 aromatic heterocycles. The predicted molar refractivity (Wildman–Crippen MR) is 70.6 cm³/mol. The third-order valence-electron chi connectivity index (χ3n) is 3.79. The minimum atomic E-state index is 0.777. The Bertz CT molecular complexity index is 348. The van der Waals surface area contributed by atoms with Gasteiger partial charge in [-0.05, 0) is 43.1 Å². The topological polar surface area (TPSA) is 0 Å². The van der Waals surface area contributed by atoms with Crippen LogP contribution in [0.3, 0.4) is 0 Å². The SMILES string of the molecule is CC/C=C1\CCC(c2ccccc2)CC1C. The van der Waals surface area contributed by atoms with Crippen LogP contribution in [0, 0.1) is 5.92 Å². The molecule has 0 saturated heterocycles. The van der Waals surface area contributed by atoms with Crippen LogP contribution in [0.1, 0.15) is 51.0 Å². The molecule has 1 aliphatic rings. The van der Waals surface area contributed by atoms with Crippen molar-refractivity contribution in [3.8, 4) is 0 Å². The Kier molecular flexibility index (Phi) is 3.82. The second-order valence-corrected chi connectivity index (χ2v) is 4.97. The lowest BCUT2D eigenvalue weighted by molar-refractivity contribution is 0.425. The molecule has 0 N–H and O–H groups in total. The lowest BCUT2D eigenvalue weighted by Gasteiger charge is -2.30. The van der Waals surface area contributed by atoms with Crippen LogP contribution in [0.25, 0.3) is 0 Å². The molecule has 1 aromatic carbocycles. The van der Waals surface area contributed by atoms with E-state index in [1.165, 1.54) is 31.2 Å². The average molecular weight is 214 g/mol. The van der Waals surface area contributed by atoms with E-state index in [0.717, 1.165) is 11.8 Å². The summed E-state index contributed by atoms with van der Waals surface area (Å²) in [6.45, 7) is 4.62. The second kappa shape index (κ2) is 5.34. The van der Waals surface area contributed by atoms with E-state index in [4.69, 9.17) is 0 Å². The van der Waals surface area contributed by atoms with Gasteiger partial charge >= 0.3 is 0 Å². The maximum atomic E-state index is 2.44. The molecule has 2 unspecified atom stereocenters. The van der Waals surface area contributed by atoms with Crippen molar-refractivity contribution in [1.82, 2.24) is 0 Å². The largest absolute Gasteiger partial charge is 0.0853 e. The van der Waals surface area contributed by atoms with Gasteiger partial charge < -0.3 is 0 Å². The summed E-state index contributed by atoms with van der Waals surface area (Å²) in [6, 6.07) is 11.0. The van der Waals surface area contributed by atoms with Gasteiger partial charge in [-0.3, -0.25) is 0 Å². The van der Waals surface area contributed by atoms with E-state index in [1.54, 1.807) is 5.57 Å². The summed E-state index contributed by atoms with van der Waals surface area (Å²) in [5.74, 6) is 1.56. The molecule has 1 aromatic rings. The highest BCUT2D eigenvalue weighted by Gasteiger charge is 2.23. The van der Waals surface area contributed by atoms with Crippen LogP contribution in [0.5, 0.6) is 0 Å². The molecule has 2 atom stereocenters. The summed E-state index contributed by atoms with van der Waals surface area (Å²) in [5.41, 5.74) is 3.22. The van der Waals surface area contributed by atoms with E-state index in [9.17, 15) is 0 Å². The monoisotopic (exact) mass is 214 g/mol. The van der Waals surface area contributed by atoms with Crippen molar-refractivity contribution in [2.24, 2.45) is 5.92 Å². The lowest BCUT2D eigenvalue weighted by atomic mass is 9.76. The van der Waals surface area contributed by atoms with Gasteiger partial charge in [-0.1, -0.05) is 55.8 Å². The fraction of sp³-hybridized carbons (Fsp3) is 0.500. The van der Waals surface area contributed by atoms with E-state index < -0.39 is 0 Å². The van der Waals surface area contributed by atoms with Gasteiger partial charge in [0.1, 0.15) is 0 Å². The maximum absolute atomic E-state index is 2.44. The first-order chi connectivity index (χ1) is 7.81. The molecular weight excluding hydrogens is 192 g/mol. The molecule has 1 aliphatic carbocycles. The Morgan fingerprint density at radius 1 is 1.25 bits per heavy atom. The van der Waals surface area contributed by atoms with Crippen LogP contribution in [0.2, 0.25) is 0 Å². The molecule has 0 aliphatic heterocycles. The Balaban J connectivity index is 2.05. The third-order valence-corrected chi connectivity index (χ3v) is 3.79. The highest BCUT2D eigenvalue weighted by molar-refractivity contribution is 5.23. The van der Waals surface area contributed by atoms with E-state index in [1.807, 2.05) is 0 Å². The van der Waals surface area contributed by atoms with Crippen LogP contribution >= 0.6 is 0 Å². The molecule has 2 rings (SSSR count). The molecule has 1 saturated carbocycles.